The Balaban J connectivity index is 0.000000157. The largest absolute Gasteiger partial charge is 0.493 e. The van der Waals surface area contributed by atoms with Gasteiger partial charge >= 0.3 is 11.4 Å². The van der Waals surface area contributed by atoms with E-state index in [1.807, 2.05) is 52.0 Å². The second-order valence-electron chi connectivity index (χ2n) is 45.0. The SMILES string of the molecule is CC(O)COc1c(Cl)cc2c(c1Cl)C1(CC2(C)C)CC(C)(C)c2cc(Cl)c(OCC(C)O)c(Cl)c21.CC(O)COc1cc2c(cc1[N+](=O)[O-])C(C)(C)CC21CC(C)(C)c2cc([N+](=O)[O-])c(OCC(C)O)cc21.CC1(C)CC2(CC(C)(C)c3cc(Cl)c(OCCO)c(Cl)c32)c2c1cc(Cl)c(OCCO)c2Cl.COc1cc2c(cc1OCC(C)O)C1(CC2(C)C)CC(C)(C)c2cc(OC)c(OCC(C)O)cc21. The number of halogens is 8. The molecule has 764 valence electrons. The maximum atomic E-state index is 11.9. The molecule has 32 heteroatoms. The van der Waals surface area contributed by atoms with E-state index in [-0.39, 0.29) is 127 Å². The smallest absolute Gasteiger partial charge is 0.311 e. The lowest BCUT2D eigenvalue weighted by Crippen LogP contribution is -2.27. The average molecular weight is 2100 g/mol. The Hall–Kier alpha value is -7.44. The van der Waals surface area contributed by atoms with Crippen molar-refractivity contribution in [3.63, 3.8) is 0 Å². The van der Waals surface area contributed by atoms with Gasteiger partial charge in [0.1, 0.15) is 52.9 Å². The van der Waals surface area contributed by atoms with Gasteiger partial charge in [-0.1, -0.05) is 204 Å². The number of nitrogens with zero attached hydrogens (tertiary/aromatic N) is 2. The molecule has 0 radical (unpaired) electrons. The lowest BCUT2D eigenvalue weighted by molar-refractivity contribution is -0.386. The zero-order valence-electron chi connectivity index (χ0n) is 84.3. The van der Waals surface area contributed by atoms with Gasteiger partial charge in [-0.25, -0.2) is 0 Å². The van der Waals surface area contributed by atoms with Crippen LogP contribution in [0.1, 0.15) is 293 Å². The number of fused-ring (bicyclic) bond motifs is 16. The number of ether oxygens (including phenoxy) is 10. The Labute approximate surface area is 861 Å². The van der Waals surface area contributed by atoms with Crippen LogP contribution in [-0.4, -0.2) is 168 Å². The molecule has 8 aromatic carbocycles. The van der Waals surface area contributed by atoms with Crippen LogP contribution < -0.4 is 47.4 Å². The Kier molecular flexibility index (Phi) is 31.4. The number of rotatable bonds is 28. The number of benzene rings is 8. The van der Waals surface area contributed by atoms with Crippen molar-refractivity contribution in [1.29, 1.82) is 0 Å². The first-order chi connectivity index (χ1) is 65.0. The summed E-state index contributed by atoms with van der Waals surface area (Å²) in [5, 5.41) is 105. The molecule has 0 saturated heterocycles. The fraction of sp³-hybridized carbons (Fsp3) is 0.556. The number of nitro benzene ring substituents is 2. The third kappa shape index (κ3) is 20.1. The summed E-state index contributed by atoms with van der Waals surface area (Å²) in [6.07, 6.45) is 2.11. The fourth-order valence-corrected chi connectivity index (χ4v) is 27.7. The molecule has 0 saturated carbocycles. The molecular formula is C108H134Cl8N2O22. The lowest BCUT2D eigenvalue weighted by atomic mass is 9.72. The fourth-order valence-electron chi connectivity index (χ4n) is 24.7. The Morgan fingerprint density at radius 3 is 0.693 bits per heavy atom. The molecule has 0 amide bonds. The van der Waals surface area contributed by atoms with Gasteiger partial charge < -0.3 is 88.2 Å². The molecule has 16 rings (SSSR count). The molecule has 4 spiro atoms. The molecule has 8 aromatic rings. The molecule has 8 aliphatic carbocycles. The summed E-state index contributed by atoms with van der Waals surface area (Å²) >= 11 is 54.7. The minimum absolute atomic E-state index is 0.0738. The summed E-state index contributed by atoms with van der Waals surface area (Å²) in [5.41, 5.74) is 12.3. The number of methoxy groups -OCH3 is 2. The van der Waals surface area contributed by atoms with Gasteiger partial charge in [-0.3, -0.25) is 20.2 Å². The predicted octanol–water partition coefficient (Wildman–Crippen LogP) is 23.7. The summed E-state index contributed by atoms with van der Waals surface area (Å²) in [5.74, 6) is 4.31. The Morgan fingerprint density at radius 1 is 0.279 bits per heavy atom. The molecule has 0 bridgehead atoms. The quantitative estimate of drug-likeness (QED) is 0.0167. The maximum Gasteiger partial charge on any atom is 0.311 e. The van der Waals surface area contributed by atoms with Crippen molar-refractivity contribution in [2.75, 3.05) is 80.3 Å². The van der Waals surface area contributed by atoms with Crippen LogP contribution in [0, 0.1) is 20.2 Å². The lowest BCUT2D eigenvalue weighted by Gasteiger charge is -2.32. The van der Waals surface area contributed by atoms with Gasteiger partial charge in [0.05, 0.1) is 114 Å². The van der Waals surface area contributed by atoms with Gasteiger partial charge in [-0.2, -0.15) is 0 Å². The third-order valence-corrected chi connectivity index (χ3v) is 31.8. The second-order valence-corrected chi connectivity index (χ2v) is 48.1. The molecule has 0 aromatic heterocycles. The summed E-state index contributed by atoms with van der Waals surface area (Å²) in [4.78, 5) is 22.9. The van der Waals surface area contributed by atoms with Gasteiger partial charge in [0.25, 0.3) is 0 Å². The van der Waals surface area contributed by atoms with Crippen LogP contribution in [0.2, 0.25) is 40.2 Å². The van der Waals surface area contributed by atoms with Crippen molar-refractivity contribution >= 4 is 104 Å². The number of aliphatic hydroxyl groups excluding tert-OH is 8. The van der Waals surface area contributed by atoms with Gasteiger partial charge in [0.2, 0.25) is 0 Å². The van der Waals surface area contributed by atoms with Gasteiger partial charge in [-0.15, -0.1) is 0 Å². The first kappa shape index (κ1) is 110. The molecule has 24 nitrogen and oxygen atoms in total. The highest BCUT2D eigenvalue weighted by atomic mass is 35.5. The first-order valence-corrected chi connectivity index (χ1v) is 50.6. The van der Waals surface area contributed by atoms with Crippen LogP contribution in [-0.2, 0) is 65.0 Å². The predicted molar refractivity (Wildman–Crippen MR) is 551 cm³/mol. The molecular weight excluding hydrogens is 1960 g/mol. The monoisotopic (exact) mass is 2090 g/mol. The molecule has 6 unspecified atom stereocenters. The van der Waals surface area contributed by atoms with E-state index in [4.69, 9.17) is 140 Å². The third-order valence-electron chi connectivity index (χ3n) is 29.2. The van der Waals surface area contributed by atoms with Crippen molar-refractivity contribution in [3.05, 3.63) is 222 Å². The van der Waals surface area contributed by atoms with E-state index in [1.165, 1.54) is 22.3 Å². The van der Waals surface area contributed by atoms with Crippen molar-refractivity contribution in [3.8, 4) is 57.5 Å². The zero-order valence-corrected chi connectivity index (χ0v) is 90.4. The second kappa shape index (κ2) is 40.1. The number of hydrogen-bond donors (Lipinski definition) is 8. The standard InChI is InChI=1S/C29H40O6.C27H32Cl4O4.C27H34N2O8.C25H28Cl4O4/c1-17(30)13-34-25-11-21-19(9-23(25)32-7)27(3,4)15-29(21)16-28(5,6)20-10-24(33-8)26(12-22(20)29)35-14-18(2)31;1-13(32)9-34-23-17(28)7-15-19(21(23)30)27(11-25(15,3)4)12-26(5,6)16-8-18(29)24(22(31)20(16)27)35-10-14(2)33;1-15(30)11-36-23-9-19-17(7-21(23)28(32)33)25(3,4)13-27(19)14-26(5,6)18-8-22(29(34)35)24(10-20(18)27)37-12-16(2)31;1-23(2)11-25(17-13(23)9-15(26)21(19(17)28)32-7-5-30)12-24(3,4)14-10-16(27)22(33-8-6-31)20(29)18(14)25/h9-12,17-18,30-31H,13-16H2,1-8H3;7-8,13-14,32-33H,9-12H2,1-6H3;7-10,15-16,30-31H,11-14H2,1-6H3;9-10,30-31H,5-8,11-12H2,1-4H3. The van der Waals surface area contributed by atoms with E-state index in [0.29, 0.717) is 99.0 Å². The summed E-state index contributed by atoms with van der Waals surface area (Å²) < 4.78 is 58.1. The highest BCUT2D eigenvalue weighted by molar-refractivity contribution is 6.40. The highest BCUT2D eigenvalue weighted by Gasteiger charge is 2.64. The Morgan fingerprint density at radius 2 is 0.471 bits per heavy atom. The van der Waals surface area contributed by atoms with E-state index < -0.39 is 73.5 Å². The van der Waals surface area contributed by atoms with Crippen LogP contribution in [0.3, 0.4) is 0 Å². The molecule has 8 N–H and O–H groups in total. The van der Waals surface area contributed by atoms with Crippen LogP contribution in [0.5, 0.6) is 57.5 Å². The Bertz CT molecular complexity index is 5750. The molecule has 0 heterocycles. The van der Waals surface area contributed by atoms with Crippen molar-refractivity contribution in [2.45, 2.75) is 305 Å². The van der Waals surface area contributed by atoms with E-state index in [1.54, 1.807) is 80.0 Å². The van der Waals surface area contributed by atoms with Gasteiger partial charge in [0.15, 0.2) is 57.5 Å². The molecule has 8 aliphatic rings. The van der Waals surface area contributed by atoms with Crippen molar-refractivity contribution in [1.82, 2.24) is 0 Å². The van der Waals surface area contributed by atoms with E-state index in [2.05, 4.69) is 107 Å². The summed E-state index contributed by atoms with van der Waals surface area (Å²) in [6, 6.07) is 22.8. The van der Waals surface area contributed by atoms with Crippen molar-refractivity contribution in [2.24, 2.45) is 0 Å². The molecule has 6 atom stereocenters. The minimum Gasteiger partial charge on any atom is -0.493 e. The maximum absolute atomic E-state index is 11.9. The number of hydrogen-bond acceptors (Lipinski definition) is 22. The average Bonchev–Trinajstić information content (AvgIpc) is 1.51. The molecule has 0 aliphatic heterocycles. The number of nitro groups is 2. The van der Waals surface area contributed by atoms with E-state index in [9.17, 15) is 61.1 Å². The van der Waals surface area contributed by atoms with Gasteiger partial charge in [-0.05, 0) is 286 Å². The van der Waals surface area contributed by atoms with E-state index >= 15 is 0 Å². The van der Waals surface area contributed by atoms with Crippen LogP contribution >= 0.6 is 92.8 Å². The molecule has 0 fully saturated rings. The van der Waals surface area contributed by atoms with Crippen LogP contribution in [0.4, 0.5) is 11.4 Å². The zero-order chi connectivity index (χ0) is 104. The highest BCUT2D eigenvalue weighted by Crippen LogP contribution is 2.73. The topological polar surface area (TPSA) is 340 Å². The summed E-state index contributed by atoms with van der Waals surface area (Å²) in [6.45, 7) is 44.8. The van der Waals surface area contributed by atoms with Crippen LogP contribution in [0.15, 0.2) is 72.8 Å². The number of aliphatic hydroxyl groups is 8. The minimum atomic E-state index is -0.807. The van der Waals surface area contributed by atoms with Gasteiger partial charge in [0, 0.05) is 33.8 Å². The normalized spacial score (nSPS) is 21.9. The van der Waals surface area contributed by atoms with Crippen LogP contribution in [0.25, 0.3) is 0 Å². The summed E-state index contributed by atoms with van der Waals surface area (Å²) in [7, 11) is 3.31. The van der Waals surface area contributed by atoms with E-state index in [0.717, 1.165) is 105 Å². The first-order valence-electron chi connectivity index (χ1n) is 47.5. The van der Waals surface area contributed by atoms with Crippen molar-refractivity contribution < 1.29 is 98.1 Å². The molecule has 140 heavy (non-hydrogen) atoms.